The molecule has 8 heteroatoms. The van der Waals surface area contributed by atoms with Gasteiger partial charge < -0.3 is 10.5 Å². The third-order valence-electron chi connectivity index (χ3n) is 2.84. The van der Waals surface area contributed by atoms with Crippen LogP contribution in [-0.2, 0) is 0 Å². The first-order chi connectivity index (χ1) is 11.0. The number of benzene rings is 2. The summed E-state index contributed by atoms with van der Waals surface area (Å²) in [5.74, 6) is 0.767. The minimum Gasteiger partial charge on any atom is -0.497 e. The van der Waals surface area contributed by atoms with E-state index < -0.39 is 0 Å². The summed E-state index contributed by atoms with van der Waals surface area (Å²) in [6.45, 7) is 0. The second-order valence-corrected chi connectivity index (χ2v) is 6.61. The van der Waals surface area contributed by atoms with Crippen LogP contribution in [0.3, 0.4) is 0 Å². The van der Waals surface area contributed by atoms with Gasteiger partial charge in [0.2, 0.25) is 0 Å². The lowest BCUT2D eigenvalue weighted by atomic mass is 10.3. The summed E-state index contributed by atoms with van der Waals surface area (Å²) >= 11 is 18.8. The average molecular weight is 384 g/mol. The highest BCUT2D eigenvalue weighted by Gasteiger charge is 2.15. The van der Waals surface area contributed by atoms with Crippen LogP contribution in [0.15, 0.2) is 46.2 Å². The van der Waals surface area contributed by atoms with Gasteiger partial charge in [-0.25, -0.2) is 4.90 Å². The van der Waals surface area contributed by atoms with Gasteiger partial charge in [-0.2, -0.15) is 5.26 Å². The molecule has 23 heavy (non-hydrogen) atoms. The number of methoxy groups -OCH3 is 1. The number of anilines is 1. The predicted molar refractivity (Wildman–Crippen MR) is 98.5 cm³/mol. The van der Waals surface area contributed by atoms with E-state index in [4.69, 9.17) is 51.2 Å². The van der Waals surface area contributed by atoms with Crippen LogP contribution >= 0.6 is 47.2 Å². The van der Waals surface area contributed by atoms with E-state index in [0.29, 0.717) is 20.6 Å². The Kier molecular flexibility index (Phi) is 5.97. The zero-order valence-electron chi connectivity index (χ0n) is 11.9. The maximum absolute atomic E-state index is 9.09. The molecule has 0 saturated heterocycles. The molecule has 2 aromatic rings. The van der Waals surface area contributed by atoms with Gasteiger partial charge in [-0.1, -0.05) is 35.0 Å². The molecular weight excluding hydrogens is 373 g/mol. The van der Waals surface area contributed by atoms with E-state index in [0.717, 1.165) is 15.5 Å². The fourth-order valence-corrected chi connectivity index (χ4v) is 3.44. The molecule has 0 bridgehead atoms. The number of thiocarbonyl (C=S) groups is 1. The molecule has 2 aromatic carbocycles. The van der Waals surface area contributed by atoms with Crippen LogP contribution in [0.25, 0.3) is 0 Å². The number of halogens is 2. The van der Waals surface area contributed by atoms with Crippen molar-refractivity contribution in [3.8, 4) is 11.9 Å². The Labute approximate surface area is 153 Å². The van der Waals surface area contributed by atoms with Gasteiger partial charge in [-0.3, -0.25) is 0 Å². The number of hydrogen-bond acceptors (Lipinski definition) is 4. The van der Waals surface area contributed by atoms with Crippen molar-refractivity contribution in [2.24, 2.45) is 5.73 Å². The van der Waals surface area contributed by atoms with Gasteiger partial charge in [0, 0.05) is 9.79 Å². The maximum Gasteiger partial charge on any atom is 0.191 e. The Morgan fingerprint density at radius 2 is 1.83 bits per heavy atom. The second-order valence-electron chi connectivity index (χ2n) is 4.29. The minimum atomic E-state index is -0.0739. The van der Waals surface area contributed by atoms with Crippen molar-refractivity contribution in [2.75, 3.05) is 12.0 Å². The van der Waals surface area contributed by atoms with E-state index >= 15 is 0 Å². The quantitative estimate of drug-likeness (QED) is 0.469. The Morgan fingerprint density at radius 3 is 2.26 bits per heavy atom. The van der Waals surface area contributed by atoms with Crippen molar-refractivity contribution >= 4 is 58.0 Å². The van der Waals surface area contributed by atoms with E-state index in [1.165, 1.54) is 11.8 Å². The van der Waals surface area contributed by atoms with E-state index in [2.05, 4.69) is 0 Å². The number of rotatable bonds is 4. The lowest BCUT2D eigenvalue weighted by Gasteiger charge is -2.16. The molecule has 0 amide bonds. The van der Waals surface area contributed by atoms with Crippen LogP contribution in [-0.4, -0.2) is 12.2 Å². The highest BCUT2D eigenvalue weighted by Crippen LogP contribution is 2.41. The van der Waals surface area contributed by atoms with Crippen molar-refractivity contribution in [2.45, 2.75) is 9.79 Å². The standard InChI is InChI=1S/C15H11Cl2N3OS2/c1-21-10-2-4-11(5-3-10)23-14-12(16)6-9(7-13(14)17)20(8-18)15(19)22/h2-7H,1H3,(H2,19,22). The molecule has 0 fully saturated rings. The average Bonchev–Trinajstić information content (AvgIpc) is 2.52. The third-order valence-corrected chi connectivity index (χ3v) is 5.00. The molecular formula is C15H11Cl2N3OS2. The van der Waals surface area contributed by atoms with Gasteiger partial charge >= 0.3 is 0 Å². The summed E-state index contributed by atoms with van der Waals surface area (Å²) < 4.78 is 5.12. The molecule has 0 spiro atoms. The van der Waals surface area contributed by atoms with Gasteiger partial charge in [-0.15, -0.1) is 0 Å². The molecule has 0 aromatic heterocycles. The molecule has 0 unspecified atom stereocenters. The summed E-state index contributed by atoms with van der Waals surface area (Å²) in [7, 11) is 1.61. The van der Waals surface area contributed by atoms with Crippen molar-refractivity contribution in [3.63, 3.8) is 0 Å². The fraction of sp³-hybridized carbons (Fsp3) is 0.0667. The topological polar surface area (TPSA) is 62.3 Å². The van der Waals surface area contributed by atoms with Crippen LogP contribution in [0.2, 0.25) is 10.0 Å². The monoisotopic (exact) mass is 383 g/mol. The number of nitrogens with zero attached hydrogens (tertiary/aromatic N) is 2. The predicted octanol–water partition coefficient (Wildman–Crippen LogP) is 4.68. The zero-order chi connectivity index (χ0) is 17.0. The van der Waals surface area contributed by atoms with E-state index in [1.807, 2.05) is 30.5 Å². The molecule has 0 aliphatic rings. The second kappa shape index (κ2) is 7.75. The van der Waals surface area contributed by atoms with Crippen LogP contribution in [0.5, 0.6) is 5.75 Å². The SMILES string of the molecule is COc1ccc(Sc2c(Cl)cc(N(C#N)C(N)=S)cc2Cl)cc1. The maximum atomic E-state index is 9.09. The zero-order valence-corrected chi connectivity index (χ0v) is 15.1. The van der Waals surface area contributed by atoms with Crippen molar-refractivity contribution in [1.29, 1.82) is 5.26 Å². The summed E-state index contributed by atoms with van der Waals surface area (Å²) in [6.07, 6.45) is 1.88. The smallest absolute Gasteiger partial charge is 0.191 e. The molecule has 0 heterocycles. The highest BCUT2D eigenvalue weighted by molar-refractivity contribution is 7.99. The largest absolute Gasteiger partial charge is 0.497 e. The highest BCUT2D eigenvalue weighted by atomic mass is 35.5. The summed E-state index contributed by atoms with van der Waals surface area (Å²) in [6, 6.07) is 10.7. The first kappa shape index (κ1) is 17.7. The Bertz CT molecular complexity index is 752. The van der Waals surface area contributed by atoms with Crippen molar-refractivity contribution in [1.82, 2.24) is 0 Å². The van der Waals surface area contributed by atoms with E-state index in [9.17, 15) is 0 Å². The van der Waals surface area contributed by atoms with Gasteiger partial charge in [0.05, 0.1) is 22.8 Å². The number of hydrogen-bond donors (Lipinski definition) is 1. The Hall–Kier alpha value is -1.65. The summed E-state index contributed by atoms with van der Waals surface area (Å²) in [5, 5.41) is 9.83. The Balaban J connectivity index is 2.33. The van der Waals surface area contributed by atoms with E-state index in [1.54, 1.807) is 19.2 Å². The number of ether oxygens (including phenoxy) is 1. The number of nitrogens with two attached hydrogens (primary N) is 1. The van der Waals surface area contributed by atoms with Crippen molar-refractivity contribution < 1.29 is 4.74 Å². The fourth-order valence-electron chi connectivity index (χ4n) is 1.77. The molecule has 0 aliphatic carbocycles. The summed E-state index contributed by atoms with van der Waals surface area (Å²) in [5.41, 5.74) is 5.93. The van der Waals surface area contributed by atoms with Crippen LogP contribution in [0.1, 0.15) is 0 Å². The van der Waals surface area contributed by atoms with Crippen LogP contribution in [0.4, 0.5) is 5.69 Å². The molecule has 0 saturated carbocycles. The molecule has 118 valence electrons. The first-order valence-corrected chi connectivity index (χ1v) is 8.24. The van der Waals surface area contributed by atoms with Gasteiger partial charge in [0.1, 0.15) is 5.75 Å². The number of nitriles is 1. The Morgan fingerprint density at radius 1 is 1.26 bits per heavy atom. The molecule has 2 rings (SSSR count). The molecule has 2 N–H and O–H groups in total. The molecule has 4 nitrogen and oxygen atoms in total. The van der Waals surface area contributed by atoms with Crippen LogP contribution in [0, 0.1) is 11.5 Å². The van der Waals surface area contributed by atoms with Gasteiger partial charge in [-0.05, 0) is 48.6 Å². The van der Waals surface area contributed by atoms with Crippen molar-refractivity contribution in [3.05, 3.63) is 46.4 Å². The van der Waals surface area contributed by atoms with Crippen LogP contribution < -0.4 is 15.4 Å². The van der Waals surface area contributed by atoms with Gasteiger partial charge in [0.25, 0.3) is 0 Å². The van der Waals surface area contributed by atoms with E-state index in [-0.39, 0.29) is 5.11 Å². The summed E-state index contributed by atoms with van der Waals surface area (Å²) in [4.78, 5) is 2.71. The lowest BCUT2D eigenvalue weighted by molar-refractivity contribution is 0.414. The molecule has 0 radical (unpaired) electrons. The first-order valence-electron chi connectivity index (χ1n) is 6.26. The third kappa shape index (κ3) is 4.21. The minimum absolute atomic E-state index is 0.0739. The molecule has 0 atom stereocenters. The molecule has 0 aliphatic heterocycles. The van der Waals surface area contributed by atoms with Gasteiger partial charge in [0.15, 0.2) is 11.3 Å². The lowest BCUT2D eigenvalue weighted by Crippen LogP contribution is -2.30. The normalized spacial score (nSPS) is 10.0.